The topological polar surface area (TPSA) is 0 Å². The van der Waals surface area contributed by atoms with E-state index in [1.165, 1.54) is 57.8 Å². The predicted octanol–water partition coefficient (Wildman–Crippen LogP) is 4.82. The van der Waals surface area contributed by atoms with Gasteiger partial charge in [0.1, 0.15) is 0 Å². The highest BCUT2D eigenvalue weighted by molar-refractivity contribution is 4.84. The number of hydrogen-bond donors (Lipinski definition) is 0. The second-order valence-electron chi connectivity index (χ2n) is 4.12. The molecule has 0 atom stereocenters. The maximum absolute atomic E-state index is 3.36. The van der Waals surface area contributed by atoms with Crippen LogP contribution in [0.1, 0.15) is 64.2 Å². The van der Waals surface area contributed by atoms with Gasteiger partial charge in [0.25, 0.3) is 0 Å². The average Bonchev–Trinajstić information content (AvgIpc) is 2.22. The van der Waals surface area contributed by atoms with Crippen LogP contribution in [0.2, 0.25) is 0 Å². The van der Waals surface area contributed by atoms with Gasteiger partial charge in [-0.2, -0.15) is 0 Å². The minimum Gasteiger partial charge on any atom is -0.0885 e. The SMILES string of the molecule is [C]1=CCCCCCCCCC=CCC1. The van der Waals surface area contributed by atoms with Crippen LogP contribution < -0.4 is 0 Å². The van der Waals surface area contributed by atoms with Gasteiger partial charge in [0, 0.05) is 0 Å². The lowest BCUT2D eigenvalue weighted by molar-refractivity contribution is 0.599. The Kier molecular flexibility index (Phi) is 7.47. The van der Waals surface area contributed by atoms with Crippen LogP contribution in [-0.4, -0.2) is 0 Å². The van der Waals surface area contributed by atoms with Crippen LogP contribution in [-0.2, 0) is 0 Å². The molecular formula is C14H23. The molecule has 0 unspecified atom stereocenters. The van der Waals surface area contributed by atoms with Gasteiger partial charge < -0.3 is 0 Å². The molecule has 0 aromatic carbocycles. The Bertz CT molecular complexity index is 145. The molecule has 1 rings (SSSR count). The van der Waals surface area contributed by atoms with Crippen LogP contribution in [0.25, 0.3) is 0 Å². The lowest BCUT2D eigenvalue weighted by Gasteiger charge is -2.00. The van der Waals surface area contributed by atoms with E-state index in [0.717, 1.165) is 6.42 Å². The predicted molar refractivity (Wildman–Crippen MR) is 63.1 cm³/mol. The van der Waals surface area contributed by atoms with Crippen molar-refractivity contribution in [2.75, 3.05) is 0 Å². The Morgan fingerprint density at radius 3 is 2.14 bits per heavy atom. The maximum atomic E-state index is 3.36. The summed E-state index contributed by atoms with van der Waals surface area (Å²) in [5, 5.41) is 0. The number of allylic oxidation sites excluding steroid dienone is 4. The molecule has 0 fully saturated rings. The van der Waals surface area contributed by atoms with E-state index in [2.05, 4.69) is 24.3 Å². The molecular weight excluding hydrogens is 168 g/mol. The molecule has 0 aromatic rings. The molecule has 0 heterocycles. The maximum Gasteiger partial charge on any atom is -0.0245 e. The summed E-state index contributed by atoms with van der Waals surface area (Å²) in [7, 11) is 0. The zero-order chi connectivity index (χ0) is 9.90. The highest BCUT2D eigenvalue weighted by Gasteiger charge is 1.90. The van der Waals surface area contributed by atoms with E-state index in [9.17, 15) is 0 Å². The highest BCUT2D eigenvalue weighted by Crippen LogP contribution is 2.10. The average molecular weight is 191 g/mol. The molecule has 0 heteroatoms. The first-order valence-electron chi connectivity index (χ1n) is 6.20. The molecule has 0 bridgehead atoms. The second kappa shape index (κ2) is 9.05. The molecule has 14 heavy (non-hydrogen) atoms. The zero-order valence-corrected chi connectivity index (χ0v) is 9.30. The summed E-state index contributed by atoms with van der Waals surface area (Å²) in [6.07, 6.45) is 23.5. The molecule has 0 nitrogen and oxygen atoms in total. The molecule has 1 aliphatic rings. The molecule has 0 N–H and O–H groups in total. The van der Waals surface area contributed by atoms with Gasteiger partial charge in [-0.15, -0.1) is 0 Å². The van der Waals surface area contributed by atoms with Gasteiger partial charge in [-0.3, -0.25) is 0 Å². The third-order valence-electron chi connectivity index (χ3n) is 2.74. The molecule has 79 valence electrons. The summed E-state index contributed by atoms with van der Waals surface area (Å²) in [6, 6.07) is 0. The molecule has 0 saturated carbocycles. The fourth-order valence-electron chi connectivity index (χ4n) is 1.82. The molecule has 0 saturated heterocycles. The van der Waals surface area contributed by atoms with Crippen molar-refractivity contribution < 1.29 is 0 Å². The lowest BCUT2D eigenvalue weighted by atomic mass is 10.1. The van der Waals surface area contributed by atoms with Crippen LogP contribution in [0.4, 0.5) is 0 Å². The fourth-order valence-corrected chi connectivity index (χ4v) is 1.82. The van der Waals surface area contributed by atoms with Crippen molar-refractivity contribution in [1.29, 1.82) is 0 Å². The van der Waals surface area contributed by atoms with E-state index >= 15 is 0 Å². The van der Waals surface area contributed by atoms with Gasteiger partial charge in [0.15, 0.2) is 0 Å². The number of hydrogen-bond acceptors (Lipinski definition) is 0. The van der Waals surface area contributed by atoms with Crippen molar-refractivity contribution in [1.82, 2.24) is 0 Å². The van der Waals surface area contributed by atoms with Gasteiger partial charge in [-0.25, -0.2) is 0 Å². The summed E-state index contributed by atoms with van der Waals surface area (Å²) in [5.41, 5.74) is 0. The van der Waals surface area contributed by atoms with E-state index in [4.69, 9.17) is 0 Å². The second-order valence-corrected chi connectivity index (χ2v) is 4.12. The van der Waals surface area contributed by atoms with E-state index < -0.39 is 0 Å². The summed E-state index contributed by atoms with van der Waals surface area (Å²) in [5.74, 6) is 0. The van der Waals surface area contributed by atoms with E-state index in [0.29, 0.717) is 0 Å². The fraction of sp³-hybridized carbons (Fsp3) is 0.714. The monoisotopic (exact) mass is 191 g/mol. The van der Waals surface area contributed by atoms with Crippen molar-refractivity contribution in [3.05, 3.63) is 24.3 Å². The lowest BCUT2D eigenvalue weighted by Crippen LogP contribution is -1.80. The Labute approximate surface area is 89.1 Å². The third-order valence-corrected chi connectivity index (χ3v) is 2.74. The highest BCUT2D eigenvalue weighted by atomic mass is 14.0. The Morgan fingerprint density at radius 1 is 0.643 bits per heavy atom. The summed E-state index contributed by atoms with van der Waals surface area (Å²) in [6.45, 7) is 0. The summed E-state index contributed by atoms with van der Waals surface area (Å²) < 4.78 is 0. The first kappa shape index (κ1) is 11.6. The van der Waals surface area contributed by atoms with Crippen molar-refractivity contribution in [3.8, 4) is 0 Å². The zero-order valence-electron chi connectivity index (χ0n) is 9.30. The number of rotatable bonds is 0. The van der Waals surface area contributed by atoms with Gasteiger partial charge in [-0.1, -0.05) is 43.9 Å². The smallest absolute Gasteiger partial charge is 0.0245 e. The van der Waals surface area contributed by atoms with Crippen molar-refractivity contribution in [2.24, 2.45) is 0 Å². The molecule has 0 amide bonds. The van der Waals surface area contributed by atoms with Crippen LogP contribution >= 0.6 is 0 Å². The summed E-state index contributed by atoms with van der Waals surface area (Å²) >= 11 is 0. The van der Waals surface area contributed by atoms with Gasteiger partial charge in [-0.05, 0) is 44.6 Å². The minimum absolute atomic E-state index is 1.11. The molecule has 1 aliphatic carbocycles. The van der Waals surface area contributed by atoms with Crippen molar-refractivity contribution in [3.63, 3.8) is 0 Å². The molecule has 1 radical (unpaired) electrons. The quantitative estimate of drug-likeness (QED) is 0.482. The van der Waals surface area contributed by atoms with E-state index in [1.807, 2.05) is 0 Å². The standard InChI is InChI=1S/C14H23/c1-2-4-6-8-10-12-14-13-11-9-7-5-3-1/h1-2,10H,3-7,9,11-14H2. The first-order chi connectivity index (χ1) is 7.00. The van der Waals surface area contributed by atoms with Crippen molar-refractivity contribution in [2.45, 2.75) is 64.2 Å². The van der Waals surface area contributed by atoms with Gasteiger partial charge >= 0.3 is 0 Å². The van der Waals surface area contributed by atoms with Crippen LogP contribution in [0.5, 0.6) is 0 Å². The third kappa shape index (κ3) is 6.94. The van der Waals surface area contributed by atoms with Gasteiger partial charge in [0.05, 0.1) is 0 Å². The molecule has 0 aromatic heterocycles. The Balaban J connectivity index is 2.17. The van der Waals surface area contributed by atoms with Crippen LogP contribution in [0, 0.1) is 6.08 Å². The van der Waals surface area contributed by atoms with Crippen molar-refractivity contribution >= 4 is 0 Å². The molecule has 0 spiro atoms. The Morgan fingerprint density at radius 2 is 1.29 bits per heavy atom. The Hall–Kier alpha value is -0.520. The minimum atomic E-state index is 1.11. The van der Waals surface area contributed by atoms with Crippen LogP contribution in [0.3, 0.4) is 0 Å². The van der Waals surface area contributed by atoms with Gasteiger partial charge in [0.2, 0.25) is 0 Å². The van der Waals surface area contributed by atoms with Crippen LogP contribution in [0.15, 0.2) is 18.2 Å². The molecule has 0 aliphatic heterocycles. The largest absolute Gasteiger partial charge is 0.0885 e. The van der Waals surface area contributed by atoms with E-state index in [1.54, 1.807) is 0 Å². The normalized spacial score (nSPS) is 21.7. The summed E-state index contributed by atoms with van der Waals surface area (Å²) in [4.78, 5) is 0. The van der Waals surface area contributed by atoms with E-state index in [-0.39, 0.29) is 0 Å². The first-order valence-corrected chi connectivity index (χ1v) is 6.20.